The van der Waals surface area contributed by atoms with Crippen LogP contribution in [-0.4, -0.2) is 18.4 Å². The lowest BCUT2D eigenvalue weighted by Crippen LogP contribution is -2.15. The van der Waals surface area contributed by atoms with Crippen LogP contribution in [0.1, 0.15) is 37.5 Å². The van der Waals surface area contributed by atoms with Crippen LogP contribution in [-0.2, 0) is 9.53 Å². The van der Waals surface area contributed by atoms with Crippen LogP contribution in [0.25, 0.3) is 6.08 Å². The van der Waals surface area contributed by atoms with E-state index >= 15 is 0 Å². The van der Waals surface area contributed by atoms with Crippen molar-refractivity contribution < 1.29 is 14.3 Å². The van der Waals surface area contributed by atoms with Gasteiger partial charge in [-0.15, -0.1) is 11.3 Å². The average molecular weight is 328 g/mol. The number of carbonyl (C=O) groups is 2. The largest absolute Gasteiger partial charge is 0.454 e. The summed E-state index contributed by atoms with van der Waals surface area (Å²) in [7, 11) is 0. The van der Waals surface area contributed by atoms with E-state index in [2.05, 4.69) is 0 Å². The van der Waals surface area contributed by atoms with Crippen molar-refractivity contribution >= 4 is 29.2 Å². The number of esters is 1. The van der Waals surface area contributed by atoms with E-state index in [0.29, 0.717) is 5.56 Å². The highest BCUT2D eigenvalue weighted by atomic mass is 32.1. The Morgan fingerprint density at radius 3 is 2.52 bits per heavy atom. The van der Waals surface area contributed by atoms with E-state index < -0.39 is 5.97 Å². The molecule has 0 amide bonds. The number of benzene rings is 1. The molecule has 120 valence electrons. The van der Waals surface area contributed by atoms with Gasteiger partial charge in [-0.1, -0.05) is 6.07 Å². The van der Waals surface area contributed by atoms with Crippen molar-refractivity contribution in [1.29, 1.82) is 0 Å². The SMILES string of the molecule is Cc1cc(C(=O)COC(=O)/C=C/c2cccs2)c(C)c(C)c1C. The molecule has 1 aromatic carbocycles. The van der Waals surface area contributed by atoms with Crippen molar-refractivity contribution in [3.8, 4) is 0 Å². The third kappa shape index (κ3) is 4.17. The summed E-state index contributed by atoms with van der Waals surface area (Å²) in [6, 6.07) is 5.68. The topological polar surface area (TPSA) is 43.4 Å². The molecule has 0 unspecified atom stereocenters. The number of ketones is 1. The quantitative estimate of drug-likeness (QED) is 0.463. The molecule has 3 nitrogen and oxygen atoms in total. The fourth-order valence-corrected chi connectivity index (χ4v) is 2.92. The Morgan fingerprint density at radius 2 is 1.87 bits per heavy atom. The van der Waals surface area contributed by atoms with Crippen LogP contribution >= 0.6 is 11.3 Å². The Labute approximate surface area is 140 Å². The summed E-state index contributed by atoms with van der Waals surface area (Å²) in [6.45, 7) is 7.71. The lowest BCUT2D eigenvalue weighted by molar-refractivity contribution is -0.136. The van der Waals surface area contributed by atoms with Crippen LogP contribution in [0.2, 0.25) is 0 Å². The summed E-state index contributed by atoms with van der Waals surface area (Å²) in [5, 5.41) is 1.93. The van der Waals surface area contributed by atoms with Gasteiger partial charge < -0.3 is 4.74 Å². The van der Waals surface area contributed by atoms with E-state index in [-0.39, 0.29) is 12.4 Å². The minimum atomic E-state index is -0.509. The molecule has 4 heteroatoms. The van der Waals surface area contributed by atoms with Crippen LogP contribution in [0.15, 0.2) is 29.7 Å². The number of ether oxygens (including phenoxy) is 1. The molecule has 2 aromatic rings. The van der Waals surface area contributed by atoms with Crippen molar-refractivity contribution in [3.05, 3.63) is 62.3 Å². The van der Waals surface area contributed by atoms with Gasteiger partial charge in [0.1, 0.15) is 0 Å². The van der Waals surface area contributed by atoms with Gasteiger partial charge in [0.05, 0.1) is 0 Å². The van der Waals surface area contributed by atoms with Gasteiger partial charge in [-0.2, -0.15) is 0 Å². The standard InChI is InChI=1S/C19H20O3S/c1-12-10-17(15(4)14(3)13(12)2)18(20)11-22-19(21)8-7-16-6-5-9-23-16/h5-10H,11H2,1-4H3/b8-7+. The number of hydrogen-bond acceptors (Lipinski definition) is 4. The number of Topliss-reactive ketones (excluding diaryl/α,β-unsaturated/α-hetero) is 1. The van der Waals surface area contributed by atoms with Gasteiger partial charge in [-0.25, -0.2) is 4.79 Å². The van der Waals surface area contributed by atoms with Crippen molar-refractivity contribution in [2.75, 3.05) is 6.61 Å². The molecule has 0 aliphatic carbocycles. The third-order valence-corrected chi connectivity index (χ3v) is 4.89. The second-order valence-corrected chi connectivity index (χ2v) is 6.47. The molecule has 0 bridgehead atoms. The normalized spacial score (nSPS) is 11.0. The van der Waals surface area contributed by atoms with Crippen molar-refractivity contribution in [3.63, 3.8) is 0 Å². The second kappa shape index (κ2) is 7.38. The van der Waals surface area contributed by atoms with Crippen LogP contribution in [0.5, 0.6) is 0 Å². The first-order chi connectivity index (χ1) is 10.9. The predicted octanol–water partition coefficient (Wildman–Crippen LogP) is 4.42. The molecule has 1 heterocycles. The highest BCUT2D eigenvalue weighted by Crippen LogP contribution is 2.21. The molecule has 0 saturated carbocycles. The number of thiophene rings is 1. The number of aryl methyl sites for hydroxylation is 1. The van der Waals surface area contributed by atoms with Crippen LogP contribution in [0.4, 0.5) is 0 Å². The van der Waals surface area contributed by atoms with E-state index in [1.807, 2.05) is 51.3 Å². The molecule has 0 aliphatic heterocycles. The maximum atomic E-state index is 12.3. The zero-order valence-electron chi connectivity index (χ0n) is 13.8. The van der Waals surface area contributed by atoms with E-state index in [1.54, 1.807) is 6.08 Å². The van der Waals surface area contributed by atoms with Gasteiger partial charge in [0.15, 0.2) is 6.61 Å². The summed E-state index contributed by atoms with van der Waals surface area (Å²) in [5.74, 6) is -0.684. The monoisotopic (exact) mass is 328 g/mol. The Kier molecular flexibility index (Phi) is 5.50. The molecular weight excluding hydrogens is 308 g/mol. The van der Waals surface area contributed by atoms with Crippen LogP contribution in [0.3, 0.4) is 0 Å². The molecule has 0 aliphatic rings. The zero-order chi connectivity index (χ0) is 17.0. The first kappa shape index (κ1) is 17.2. The maximum Gasteiger partial charge on any atom is 0.331 e. The Balaban J connectivity index is 2.01. The maximum absolute atomic E-state index is 12.3. The third-order valence-electron chi connectivity index (χ3n) is 4.05. The van der Waals surface area contributed by atoms with E-state index in [1.165, 1.54) is 23.0 Å². The molecule has 0 fully saturated rings. The molecule has 23 heavy (non-hydrogen) atoms. The minimum absolute atomic E-state index is 0.174. The Bertz CT molecular complexity index is 755. The van der Waals surface area contributed by atoms with Crippen molar-refractivity contribution in [2.45, 2.75) is 27.7 Å². The van der Waals surface area contributed by atoms with Crippen LogP contribution in [0, 0.1) is 27.7 Å². The summed E-state index contributed by atoms with van der Waals surface area (Å²) >= 11 is 1.53. The highest BCUT2D eigenvalue weighted by molar-refractivity contribution is 7.10. The predicted molar refractivity (Wildman–Crippen MR) is 94.0 cm³/mol. The fourth-order valence-electron chi connectivity index (χ4n) is 2.30. The first-order valence-electron chi connectivity index (χ1n) is 7.39. The number of hydrogen-bond donors (Lipinski definition) is 0. The lowest BCUT2D eigenvalue weighted by Gasteiger charge is -2.13. The van der Waals surface area contributed by atoms with E-state index in [0.717, 1.165) is 21.6 Å². The number of carbonyl (C=O) groups excluding carboxylic acids is 2. The van der Waals surface area contributed by atoms with Crippen LogP contribution < -0.4 is 0 Å². The van der Waals surface area contributed by atoms with E-state index in [4.69, 9.17) is 4.74 Å². The van der Waals surface area contributed by atoms with Gasteiger partial charge in [-0.3, -0.25) is 4.79 Å². The Morgan fingerprint density at radius 1 is 1.13 bits per heavy atom. The average Bonchev–Trinajstić information content (AvgIpc) is 3.05. The molecular formula is C19H20O3S. The second-order valence-electron chi connectivity index (χ2n) is 5.50. The lowest BCUT2D eigenvalue weighted by atomic mass is 9.93. The molecule has 0 atom stereocenters. The summed E-state index contributed by atoms with van der Waals surface area (Å²) in [6.07, 6.45) is 3.03. The molecule has 0 N–H and O–H groups in total. The fraction of sp³-hybridized carbons (Fsp3) is 0.263. The minimum Gasteiger partial charge on any atom is -0.454 e. The van der Waals surface area contributed by atoms with Gasteiger partial charge in [0.2, 0.25) is 5.78 Å². The number of rotatable bonds is 5. The molecule has 0 radical (unpaired) electrons. The Hall–Kier alpha value is -2.20. The summed E-state index contributed by atoms with van der Waals surface area (Å²) < 4.78 is 5.05. The molecule has 0 saturated heterocycles. The van der Waals surface area contributed by atoms with Crippen molar-refractivity contribution in [2.24, 2.45) is 0 Å². The van der Waals surface area contributed by atoms with Gasteiger partial charge in [0, 0.05) is 16.5 Å². The summed E-state index contributed by atoms with van der Waals surface area (Å²) in [4.78, 5) is 25.0. The smallest absolute Gasteiger partial charge is 0.331 e. The molecule has 0 spiro atoms. The van der Waals surface area contributed by atoms with Gasteiger partial charge in [-0.05, 0) is 73.5 Å². The molecule has 2 rings (SSSR count). The highest BCUT2D eigenvalue weighted by Gasteiger charge is 2.15. The summed E-state index contributed by atoms with van der Waals surface area (Å²) in [5.41, 5.74) is 4.94. The van der Waals surface area contributed by atoms with E-state index in [9.17, 15) is 9.59 Å². The van der Waals surface area contributed by atoms with Gasteiger partial charge >= 0.3 is 5.97 Å². The van der Waals surface area contributed by atoms with Crippen molar-refractivity contribution in [1.82, 2.24) is 0 Å². The van der Waals surface area contributed by atoms with Gasteiger partial charge in [0.25, 0.3) is 0 Å². The molecule has 1 aromatic heterocycles. The zero-order valence-corrected chi connectivity index (χ0v) is 14.6. The first-order valence-corrected chi connectivity index (χ1v) is 8.27.